The van der Waals surface area contributed by atoms with Gasteiger partial charge in [0.15, 0.2) is 0 Å². The predicted molar refractivity (Wildman–Crippen MR) is 90.5 cm³/mol. The molecule has 1 aliphatic heterocycles. The maximum absolute atomic E-state index is 12.9. The minimum absolute atomic E-state index is 0.0102. The number of nitrogens with zero attached hydrogens (tertiary/aromatic N) is 1. The van der Waals surface area contributed by atoms with Crippen LogP contribution in [-0.4, -0.2) is 35.8 Å². The van der Waals surface area contributed by atoms with Gasteiger partial charge in [-0.15, -0.1) is 0 Å². The van der Waals surface area contributed by atoms with Crippen molar-refractivity contribution in [1.29, 1.82) is 0 Å². The van der Waals surface area contributed by atoms with Gasteiger partial charge in [0, 0.05) is 25.6 Å². The van der Waals surface area contributed by atoms with Crippen molar-refractivity contribution in [2.45, 2.75) is 31.7 Å². The van der Waals surface area contributed by atoms with Crippen molar-refractivity contribution in [2.24, 2.45) is 0 Å². The molecule has 3 rings (SSSR count). The molecule has 1 N–H and O–H groups in total. The fourth-order valence-electron chi connectivity index (χ4n) is 3.00. The average Bonchev–Trinajstić information content (AvgIpc) is 3.16. The molecule has 0 spiro atoms. The van der Waals surface area contributed by atoms with Gasteiger partial charge in [-0.25, -0.2) is 4.39 Å². The van der Waals surface area contributed by atoms with E-state index in [4.69, 9.17) is 4.42 Å². The summed E-state index contributed by atoms with van der Waals surface area (Å²) in [6.07, 6.45) is 5.38. The molecule has 1 fully saturated rings. The van der Waals surface area contributed by atoms with Gasteiger partial charge in [-0.2, -0.15) is 0 Å². The molecule has 2 aromatic rings. The number of amides is 2. The molecule has 0 radical (unpaired) electrons. The number of piperidine rings is 1. The summed E-state index contributed by atoms with van der Waals surface area (Å²) in [5.41, 5.74) is 1.50. The van der Waals surface area contributed by atoms with Crippen LogP contribution in [0.4, 0.5) is 4.39 Å². The van der Waals surface area contributed by atoms with Crippen LogP contribution in [0.2, 0.25) is 0 Å². The first-order valence-corrected chi connectivity index (χ1v) is 8.47. The number of likely N-dealkylation sites (tertiary alicyclic amines) is 1. The summed E-state index contributed by atoms with van der Waals surface area (Å²) in [6.45, 7) is 1.24. The molecule has 132 valence electrons. The monoisotopic (exact) mass is 344 g/mol. The summed E-state index contributed by atoms with van der Waals surface area (Å²) in [5, 5.41) is 3.03. The van der Waals surface area contributed by atoms with Crippen molar-refractivity contribution in [3.05, 3.63) is 59.8 Å². The summed E-state index contributed by atoms with van der Waals surface area (Å²) in [4.78, 5) is 26.1. The summed E-state index contributed by atoms with van der Waals surface area (Å²) in [5.74, 6) is -0.316. The maximum Gasteiger partial charge on any atom is 0.257 e. The highest BCUT2D eigenvalue weighted by Gasteiger charge is 2.24. The van der Waals surface area contributed by atoms with E-state index >= 15 is 0 Å². The van der Waals surface area contributed by atoms with Gasteiger partial charge in [-0.1, -0.05) is 12.1 Å². The summed E-state index contributed by atoms with van der Waals surface area (Å²) in [7, 11) is 0. The van der Waals surface area contributed by atoms with Gasteiger partial charge in [0.2, 0.25) is 5.91 Å². The molecular formula is C19H21FN2O3. The number of halogens is 1. The van der Waals surface area contributed by atoms with E-state index in [0.29, 0.717) is 31.5 Å². The third-order valence-corrected chi connectivity index (χ3v) is 4.47. The molecule has 1 aromatic heterocycles. The molecule has 1 aliphatic rings. The minimum Gasteiger partial charge on any atom is -0.472 e. The Morgan fingerprint density at radius 1 is 1.16 bits per heavy atom. The SMILES string of the molecule is O=C(CCc1ccc(F)cc1)NC1CCN(C(=O)c2ccoc2)CC1. The number of benzene rings is 1. The number of nitrogens with one attached hydrogen (secondary N) is 1. The predicted octanol–water partition coefficient (Wildman–Crippen LogP) is 2.77. The molecule has 0 unspecified atom stereocenters. The second kappa shape index (κ2) is 7.96. The minimum atomic E-state index is -0.273. The van der Waals surface area contributed by atoms with E-state index in [2.05, 4.69) is 5.32 Å². The Bertz CT molecular complexity index is 705. The molecule has 0 aliphatic carbocycles. The van der Waals surface area contributed by atoms with Gasteiger partial charge in [0.25, 0.3) is 5.91 Å². The number of furan rings is 1. The van der Waals surface area contributed by atoms with E-state index in [1.807, 2.05) is 0 Å². The van der Waals surface area contributed by atoms with E-state index in [-0.39, 0.29) is 23.7 Å². The highest BCUT2D eigenvalue weighted by Crippen LogP contribution is 2.15. The van der Waals surface area contributed by atoms with E-state index < -0.39 is 0 Å². The van der Waals surface area contributed by atoms with Crippen LogP contribution >= 0.6 is 0 Å². The molecule has 1 saturated heterocycles. The quantitative estimate of drug-likeness (QED) is 0.907. The third-order valence-electron chi connectivity index (χ3n) is 4.47. The number of hydrogen-bond donors (Lipinski definition) is 1. The fourth-order valence-corrected chi connectivity index (χ4v) is 3.00. The van der Waals surface area contributed by atoms with Crippen LogP contribution < -0.4 is 5.32 Å². The van der Waals surface area contributed by atoms with Crippen molar-refractivity contribution < 1.29 is 18.4 Å². The fraction of sp³-hybridized carbons (Fsp3) is 0.368. The molecule has 2 amide bonds. The zero-order chi connectivity index (χ0) is 17.6. The van der Waals surface area contributed by atoms with Crippen LogP contribution in [0.25, 0.3) is 0 Å². The van der Waals surface area contributed by atoms with Crippen LogP contribution in [0, 0.1) is 5.82 Å². The number of carbonyl (C=O) groups is 2. The van der Waals surface area contributed by atoms with Gasteiger partial charge in [0.05, 0.1) is 11.8 Å². The lowest BCUT2D eigenvalue weighted by atomic mass is 10.0. The van der Waals surface area contributed by atoms with Crippen LogP contribution in [0.5, 0.6) is 0 Å². The lowest BCUT2D eigenvalue weighted by Gasteiger charge is -2.32. The average molecular weight is 344 g/mol. The zero-order valence-electron chi connectivity index (χ0n) is 13.9. The van der Waals surface area contributed by atoms with Crippen LogP contribution in [0.15, 0.2) is 47.3 Å². The summed E-state index contributed by atoms with van der Waals surface area (Å²) < 4.78 is 17.8. The Morgan fingerprint density at radius 3 is 2.52 bits per heavy atom. The van der Waals surface area contributed by atoms with Gasteiger partial charge in [-0.05, 0) is 43.0 Å². The molecule has 5 nitrogen and oxygen atoms in total. The molecule has 0 atom stereocenters. The first-order chi connectivity index (χ1) is 12.1. The molecule has 0 saturated carbocycles. The molecule has 1 aromatic carbocycles. The standard InChI is InChI=1S/C19H21FN2O3/c20-16-4-1-14(2-5-16)3-6-18(23)21-17-7-10-22(11-8-17)19(24)15-9-12-25-13-15/h1-2,4-5,9,12-13,17H,3,6-8,10-11H2,(H,21,23). The summed E-state index contributed by atoms with van der Waals surface area (Å²) in [6, 6.07) is 7.95. The Balaban J connectivity index is 1.40. The second-order valence-corrected chi connectivity index (χ2v) is 6.27. The molecule has 6 heteroatoms. The van der Waals surface area contributed by atoms with Gasteiger partial charge >= 0.3 is 0 Å². The van der Waals surface area contributed by atoms with Gasteiger partial charge in [-0.3, -0.25) is 9.59 Å². The normalized spacial score (nSPS) is 15.2. The zero-order valence-corrected chi connectivity index (χ0v) is 13.9. The van der Waals surface area contributed by atoms with Crippen LogP contribution in [0.1, 0.15) is 35.2 Å². The number of aryl methyl sites for hydroxylation is 1. The molecule has 2 heterocycles. The topological polar surface area (TPSA) is 62.6 Å². The van der Waals surface area contributed by atoms with E-state index in [1.165, 1.54) is 24.7 Å². The first kappa shape index (κ1) is 17.2. The van der Waals surface area contributed by atoms with Gasteiger partial charge < -0.3 is 14.6 Å². The third kappa shape index (κ3) is 4.68. The first-order valence-electron chi connectivity index (χ1n) is 8.47. The van der Waals surface area contributed by atoms with Crippen molar-refractivity contribution in [3.8, 4) is 0 Å². The van der Waals surface area contributed by atoms with Crippen molar-refractivity contribution in [2.75, 3.05) is 13.1 Å². The molecule has 25 heavy (non-hydrogen) atoms. The van der Waals surface area contributed by atoms with Crippen LogP contribution in [-0.2, 0) is 11.2 Å². The largest absolute Gasteiger partial charge is 0.472 e. The van der Waals surface area contributed by atoms with Crippen LogP contribution in [0.3, 0.4) is 0 Å². The van der Waals surface area contributed by atoms with E-state index in [1.54, 1.807) is 23.1 Å². The Kier molecular flexibility index (Phi) is 5.48. The van der Waals surface area contributed by atoms with E-state index in [0.717, 1.165) is 18.4 Å². The Morgan fingerprint density at radius 2 is 1.88 bits per heavy atom. The number of hydrogen-bond acceptors (Lipinski definition) is 3. The van der Waals surface area contributed by atoms with Crippen molar-refractivity contribution >= 4 is 11.8 Å². The highest BCUT2D eigenvalue weighted by atomic mass is 19.1. The lowest BCUT2D eigenvalue weighted by molar-refractivity contribution is -0.122. The summed E-state index contributed by atoms with van der Waals surface area (Å²) >= 11 is 0. The maximum atomic E-state index is 12.9. The molecule has 0 bridgehead atoms. The highest BCUT2D eigenvalue weighted by molar-refractivity contribution is 5.93. The van der Waals surface area contributed by atoms with Crippen molar-refractivity contribution in [1.82, 2.24) is 10.2 Å². The second-order valence-electron chi connectivity index (χ2n) is 6.27. The Hall–Kier alpha value is -2.63. The lowest BCUT2D eigenvalue weighted by Crippen LogP contribution is -2.46. The molecular weight excluding hydrogens is 323 g/mol. The number of carbonyl (C=O) groups excluding carboxylic acids is 2. The number of rotatable bonds is 5. The smallest absolute Gasteiger partial charge is 0.257 e. The van der Waals surface area contributed by atoms with E-state index in [9.17, 15) is 14.0 Å². The Labute approximate surface area is 145 Å². The van der Waals surface area contributed by atoms with Gasteiger partial charge in [0.1, 0.15) is 12.1 Å². The van der Waals surface area contributed by atoms with Crippen molar-refractivity contribution in [3.63, 3.8) is 0 Å².